The fourth-order valence-electron chi connectivity index (χ4n) is 2.50. The van der Waals surface area contributed by atoms with Gasteiger partial charge in [-0.3, -0.25) is 4.79 Å². The van der Waals surface area contributed by atoms with E-state index in [9.17, 15) is 4.79 Å². The molecule has 0 bridgehead atoms. The summed E-state index contributed by atoms with van der Waals surface area (Å²) in [4.78, 5) is 16.2. The number of benzene rings is 1. The number of esters is 1. The van der Waals surface area contributed by atoms with Crippen LogP contribution >= 0.6 is 11.8 Å². The molecule has 4 heteroatoms. The summed E-state index contributed by atoms with van der Waals surface area (Å²) in [6.07, 6.45) is 2.79. The van der Waals surface area contributed by atoms with E-state index in [0.717, 1.165) is 22.8 Å². The Bertz CT molecular complexity index is 627. The molecule has 3 rings (SSSR count). The van der Waals surface area contributed by atoms with Crippen molar-refractivity contribution >= 4 is 17.7 Å². The number of rotatable bonds is 6. The van der Waals surface area contributed by atoms with Crippen molar-refractivity contribution < 1.29 is 9.53 Å². The van der Waals surface area contributed by atoms with E-state index in [-0.39, 0.29) is 11.9 Å². The predicted molar refractivity (Wildman–Crippen MR) is 87.7 cm³/mol. The van der Waals surface area contributed by atoms with E-state index in [4.69, 9.17) is 4.74 Å². The summed E-state index contributed by atoms with van der Waals surface area (Å²) < 4.78 is 5.07. The van der Waals surface area contributed by atoms with Crippen molar-refractivity contribution in [3.8, 4) is 0 Å². The molecule has 0 unspecified atom stereocenters. The molecule has 1 heterocycles. The molecule has 1 aliphatic carbocycles. The first-order valence-corrected chi connectivity index (χ1v) is 8.56. The molecule has 2 aromatic rings. The molecule has 0 amide bonds. The van der Waals surface area contributed by atoms with E-state index in [2.05, 4.69) is 35.3 Å². The molecule has 0 aliphatic heterocycles. The van der Waals surface area contributed by atoms with Gasteiger partial charge in [0.15, 0.2) is 0 Å². The van der Waals surface area contributed by atoms with Crippen LogP contribution in [-0.2, 0) is 15.3 Å². The summed E-state index contributed by atoms with van der Waals surface area (Å²) >= 11 is 1.73. The van der Waals surface area contributed by atoms with Crippen LogP contribution in [0, 0.1) is 5.92 Å². The molecule has 0 radical (unpaired) electrons. The Morgan fingerprint density at radius 3 is 2.77 bits per heavy atom. The highest BCUT2D eigenvalue weighted by Crippen LogP contribution is 2.48. The third-order valence-electron chi connectivity index (χ3n) is 3.80. The van der Waals surface area contributed by atoms with Crippen molar-refractivity contribution in [2.75, 3.05) is 6.61 Å². The van der Waals surface area contributed by atoms with Crippen LogP contribution in [0.1, 0.15) is 30.4 Å². The van der Waals surface area contributed by atoms with Crippen LogP contribution < -0.4 is 0 Å². The zero-order valence-corrected chi connectivity index (χ0v) is 13.4. The largest absolute Gasteiger partial charge is 0.466 e. The number of carbonyl (C=O) groups excluding carboxylic acids is 1. The third kappa shape index (κ3) is 3.69. The standard InChI is InChI=1S/C18H19NO2S/c1-2-21-18(20)16-10-15(16)14-8-9-17(19-11-14)22-12-13-6-4-3-5-7-13/h3-9,11,15-16H,2,10,12H2,1H3/t15-,16+/m0/s1. The van der Waals surface area contributed by atoms with Crippen molar-refractivity contribution in [2.24, 2.45) is 5.92 Å². The first-order chi connectivity index (χ1) is 10.8. The summed E-state index contributed by atoms with van der Waals surface area (Å²) in [5, 5.41) is 1.01. The second-order valence-electron chi connectivity index (χ2n) is 5.40. The van der Waals surface area contributed by atoms with Crippen LogP contribution in [0.5, 0.6) is 0 Å². The van der Waals surface area contributed by atoms with E-state index < -0.39 is 0 Å². The number of ether oxygens (including phenoxy) is 1. The lowest BCUT2D eigenvalue weighted by atomic mass is 10.1. The molecule has 114 valence electrons. The lowest BCUT2D eigenvalue weighted by molar-refractivity contribution is -0.144. The van der Waals surface area contributed by atoms with Gasteiger partial charge in [0.05, 0.1) is 17.6 Å². The second kappa shape index (κ2) is 6.97. The predicted octanol–water partition coefficient (Wildman–Crippen LogP) is 4.04. The van der Waals surface area contributed by atoms with Crippen molar-refractivity contribution in [3.63, 3.8) is 0 Å². The van der Waals surface area contributed by atoms with Gasteiger partial charge in [0.2, 0.25) is 0 Å². The normalized spacial score (nSPS) is 19.7. The van der Waals surface area contributed by atoms with Gasteiger partial charge in [0, 0.05) is 11.9 Å². The van der Waals surface area contributed by atoms with Gasteiger partial charge in [0.1, 0.15) is 0 Å². The molecule has 1 saturated carbocycles. The van der Waals surface area contributed by atoms with Gasteiger partial charge in [-0.25, -0.2) is 4.98 Å². The maximum Gasteiger partial charge on any atom is 0.309 e. The first kappa shape index (κ1) is 15.1. The monoisotopic (exact) mass is 313 g/mol. The number of thioether (sulfide) groups is 1. The number of hydrogen-bond acceptors (Lipinski definition) is 4. The van der Waals surface area contributed by atoms with Crippen molar-refractivity contribution in [2.45, 2.75) is 30.0 Å². The lowest BCUT2D eigenvalue weighted by Gasteiger charge is -2.04. The number of pyridine rings is 1. The Hall–Kier alpha value is -1.81. The van der Waals surface area contributed by atoms with Gasteiger partial charge in [-0.2, -0.15) is 0 Å². The van der Waals surface area contributed by atoms with Crippen LogP contribution in [0.4, 0.5) is 0 Å². The highest BCUT2D eigenvalue weighted by atomic mass is 32.2. The summed E-state index contributed by atoms with van der Waals surface area (Å²) in [7, 11) is 0. The number of hydrogen-bond donors (Lipinski definition) is 0. The molecular formula is C18H19NO2S. The Morgan fingerprint density at radius 2 is 2.09 bits per heavy atom. The second-order valence-corrected chi connectivity index (χ2v) is 6.40. The van der Waals surface area contributed by atoms with E-state index >= 15 is 0 Å². The van der Waals surface area contributed by atoms with Gasteiger partial charge in [0.25, 0.3) is 0 Å². The zero-order chi connectivity index (χ0) is 15.4. The molecule has 0 N–H and O–H groups in total. The minimum absolute atomic E-state index is 0.0320. The Balaban J connectivity index is 1.54. The number of nitrogens with zero attached hydrogens (tertiary/aromatic N) is 1. The molecule has 1 aromatic heterocycles. The zero-order valence-electron chi connectivity index (χ0n) is 12.6. The Kier molecular flexibility index (Phi) is 4.78. The maximum atomic E-state index is 11.7. The molecule has 0 saturated heterocycles. The number of carbonyl (C=O) groups is 1. The van der Waals surface area contributed by atoms with E-state index in [0.29, 0.717) is 12.5 Å². The van der Waals surface area contributed by atoms with Gasteiger partial charge >= 0.3 is 5.97 Å². The minimum Gasteiger partial charge on any atom is -0.466 e. The molecule has 22 heavy (non-hydrogen) atoms. The highest BCUT2D eigenvalue weighted by molar-refractivity contribution is 7.98. The third-order valence-corrected chi connectivity index (χ3v) is 4.81. The van der Waals surface area contributed by atoms with Gasteiger partial charge in [-0.1, -0.05) is 36.4 Å². The van der Waals surface area contributed by atoms with Crippen LogP contribution in [-0.4, -0.2) is 17.6 Å². The van der Waals surface area contributed by atoms with E-state index in [1.165, 1.54) is 5.56 Å². The van der Waals surface area contributed by atoms with Crippen LogP contribution in [0.2, 0.25) is 0 Å². The van der Waals surface area contributed by atoms with Crippen molar-refractivity contribution in [3.05, 3.63) is 59.8 Å². The quantitative estimate of drug-likeness (QED) is 0.596. The highest BCUT2D eigenvalue weighted by Gasteiger charge is 2.45. The van der Waals surface area contributed by atoms with E-state index in [1.807, 2.05) is 25.3 Å². The van der Waals surface area contributed by atoms with Gasteiger partial charge in [-0.05, 0) is 36.5 Å². The molecule has 1 aromatic carbocycles. The fourth-order valence-corrected chi connectivity index (χ4v) is 3.30. The summed E-state index contributed by atoms with van der Waals surface area (Å²) in [6, 6.07) is 14.5. The Morgan fingerprint density at radius 1 is 1.27 bits per heavy atom. The smallest absolute Gasteiger partial charge is 0.309 e. The summed E-state index contributed by atoms with van der Waals surface area (Å²) in [5.74, 6) is 1.17. The van der Waals surface area contributed by atoms with Crippen LogP contribution in [0.3, 0.4) is 0 Å². The van der Waals surface area contributed by atoms with Crippen molar-refractivity contribution in [1.29, 1.82) is 0 Å². The Labute approximate surface area is 135 Å². The summed E-state index contributed by atoms with van der Waals surface area (Å²) in [5.41, 5.74) is 2.44. The average molecular weight is 313 g/mol. The molecule has 2 atom stereocenters. The molecule has 0 spiro atoms. The average Bonchev–Trinajstić information content (AvgIpc) is 3.35. The van der Waals surface area contributed by atoms with Gasteiger partial charge < -0.3 is 4.74 Å². The first-order valence-electron chi connectivity index (χ1n) is 7.57. The topological polar surface area (TPSA) is 39.2 Å². The fraction of sp³-hybridized carbons (Fsp3) is 0.333. The molecule has 1 fully saturated rings. The van der Waals surface area contributed by atoms with Crippen LogP contribution in [0.25, 0.3) is 0 Å². The summed E-state index contributed by atoms with van der Waals surface area (Å²) in [6.45, 7) is 2.30. The number of aromatic nitrogens is 1. The van der Waals surface area contributed by atoms with Crippen molar-refractivity contribution in [1.82, 2.24) is 4.98 Å². The molecule has 3 nitrogen and oxygen atoms in total. The minimum atomic E-state index is -0.0740. The molecule has 1 aliphatic rings. The van der Waals surface area contributed by atoms with Crippen LogP contribution in [0.15, 0.2) is 53.7 Å². The molecular weight excluding hydrogens is 294 g/mol. The lowest BCUT2D eigenvalue weighted by Crippen LogP contribution is -2.07. The van der Waals surface area contributed by atoms with E-state index in [1.54, 1.807) is 11.8 Å². The maximum absolute atomic E-state index is 11.7. The van der Waals surface area contributed by atoms with Gasteiger partial charge in [-0.15, -0.1) is 11.8 Å². The SMILES string of the molecule is CCOC(=O)[C@@H]1C[C@H]1c1ccc(SCc2ccccc2)nc1.